The molecule has 1 N–H and O–H groups in total. The molecule has 0 radical (unpaired) electrons. The maximum absolute atomic E-state index is 13.4. The molecule has 3 aromatic carbocycles. The van der Waals surface area contributed by atoms with Crippen molar-refractivity contribution >= 4 is 0 Å². The molecule has 0 aromatic heterocycles. The molecule has 0 saturated carbocycles. The van der Waals surface area contributed by atoms with Gasteiger partial charge < -0.3 is 5.11 Å². The van der Waals surface area contributed by atoms with Crippen LogP contribution in [0.25, 0.3) is 0 Å². The summed E-state index contributed by atoms with van der Waals surface area (Å²) in [6.07, 6.45) is 3.97. The average Bonchev–Trinajstić information content (AvgIpc) is 2.81. The monoisotopic (exact) mass is 435 g/mol. The summed E-state index contributed by atoms with van der Waals surface area (Å²) in [5, 5.41) is 11.2. The number of likely N-dealkylation sites (tertiary alicyclic amines) is 1. The van der Waals surface area contributed by atoms with Gasteiger partial charge in [-0.3, -0.25) is 4.90 Å². The van der Waals surface area contributed by atoms with Crippen molar-refractivity contribution in [2.45, 2.75) is 50.2 Å². The molecule has 0 atom stereocenters. The Morgan fingerprint density at radius 1 is 0.781 bits per heavy atom. The van der Waals surface area contributed by atoms with E-state index in [2.05, 4.69) is 29.2 Å². The van der Waals surface area contributed by atoms with Gasteiger partial charge in [-0.15, -0.1) is 0 Å². The molecule has 32 heavy (non-hydrogen) atoms. The Morgan fingerprint density at radius 3 is 1.84 bits per heavy atom. The van der Waals surface area contributed by atoms with Crippen molar-refractivity contribution < 1.29 is 13.9 Å². The minimum Gasteiger partial charge on any atom is -0.390 e. The molecule has 4 rings (SSSR count). The van der Waals surface area contributed by atoms with Crippen LogP contribution in [0.2, 0.25) is 0 Å². The third kappa shape index (κ3) is 6.02. The van der Waals surface area contributed by atoms with Crippen LogP contribution in [-0.2, 0) is 6.54 Å². The minimum atomic E-state index is -0.636. The van der Waals surface area contributed by atoms with Crippen LogP contribution >= 0.6 is 0 Å². The van der Waals surface area contributed by atoms with E-state index in [1.165, 1.54) is 29.8 Å². The topological polar surface area (TPSA) is 23.5 Å². The van der Waals surface area contributed by atoms with Crippen molar-refractivity contribution in [1.29, 1.82) is 0 Å². The van der Waals surface area contributed by atoms with Crippen molar-refractivity contribution in [3.05, 3.63) is 107 Å². The standard InChI is InChI=1S/C28H31F2NO/c29-25-12-8-23(9-13-25)27(24-10-14-26(30)15-11-24)7-4-16-28(32)17-19-31(20-18-28)21-22-5-2-1-3-6-22/h1-3,5-6,8-15,27,32H,4,7,16-21H2. The zero-order valence-corrected chi connectivity index (χ0v) is 18.4. The summed E-state index contributed by atoms with van der Waals surface area (Å²) in [7, 11) is 0. The SMILES string of the molecule is OC1(CCCC(c2ccc(F)cc2)c2ccc(F)cc2)CCN(Cc2ccccc2)CC1. The summed E-state index contributed by atoms with van der Waals surface area (Å²) >= 11 is 0. The van der Waals surface area contributed by atoms with Gasteiger partial charge in [0, 0.05) is 25.6 Å². The molecule has 3 aromatic rings. The second-order valence-electron chi connectivity index (χ2n) is 9.03. The Labute approximate surface area is 189 Å². The smallest absolute Gasteiger partial charge is 0.123 e. The first-order valence-corrected chi connectivity index (χ1v) is 11.5. The number of hydrogen-bond acceptors (Lipinski definition) is 2. The number of rotatable bonds is 8. The molecular formula is C28H31F2NO. The van der Waals surface area contributed by atoms with Crippen molar-refractivity contribution in [2.24, 2.45) is 0 Å². The third-order valence-corrected chi connectivity index (χ3v) is 6.72. The number of aliphatic hydroxyl groups is 1. The quantitative estimate of drug-likeness (QED) is 0.449. The van der Waals surface area contributed by atoms with E-state index < -0.39 is 5.60 Å². The van der Waals surface area contributed by atoms with Gasteiger partial charge in [0.2, 0.25) is 0 Å². The highest BCUT2D eigenvalue weighted by Crippen LogP contribution is 2.34. The lowest BCUT2D eigenvalue weighted by Gasteiger charge is -2.38. The predicted molar refractivity (Wildman–Crippen MR) is 124 cm³/mol. The maximum atomic E-state index is 13.4. The summed E-state index contributed by atoms with van der Waals surface area (Å²) in [6, 6.07) is 23.6. The average molecular weight is 436 g/mol. The molecule has 1 aliphatic rings. The van der Waals surface area contributed by atoms with Crippen molar-refractivity contribution in [1.82, 2.24) is 4.90 Å². The summed E-state index contributed by atoms with van der Waals surface area (Å²) in [6.45, 7) is 2.71. The Morgan fingerprint density at radius 2 is 1.31 bits per heavy atom. The van der Waals surface area contributed by atoms with Gasteiger partial charge in [-0.25, -0.2) is 8.78 Å². The molecule has 1 saturated heterocycles. The van der Waals surface area contributed by atoms with E-state index in [9.17, 15) is 13.9 Å². The Kier molecular flexibility index (Phi) is 7.33. The van der Waals surface area contributed by atoms with Crippen LogP contribution in [-0.4, -0.2) is 28.7 Å². The number of benzene rings is 3. The van der Waals surface area contributed by atoms with Crippen molar-refractivity contribution in [2.75, 3.05) is 13.1 Å². The lowest BCUT2D eigenvalue weighted by Crippen LogP contribution is -2.44. The lowest BCUT2D eigenvalue weighted by atomic mass is 9.82. The first kappa shape index (κ1) is 22.6. The van der Waals surface area contributed by atoms with E-state index in [1.807, 2.05) is 6.07 Å². The normalized spacial score (nSPS) is 16.4. The van der Waals surface area contributed by atoms with Crippen LogP contribution in [0.4, 0.5) is 8.78 Å². The zero-order valence-electron chi connectivity index (χ0n) is 18.4. The van der Waals surface area contributed by atoms with Crippen LogP contribution in [0.1, 0.15) is 54.7 Å². The summed E-state index contributed by atoms with van der Waals surface area (Å²) in [5.41, 5.74) is 2.70. The molecule has 0 aliphatic carbocycles. The van der Waals surface area contributed by atoms with Gasteiger partial charge in [-0.2, -0.15) is 0 Å². The first-order valence-electron chi connectivity index (χ1n) is 11.5. The van der Waals surface area contributed by atoms with E-state index in [1.54, 1.807) is 24.3 Å². The number of nitrogens with zero attached hydrogens (tertiary/aromatic N) is 1. The fourth-order valence-electron chi connectivity index (χ4n) is 4.77. The van der Waals surface area contributed by atoms with Crippen LogP contribution in [0.15, 0.2) is 78.9 Å². The summed E-state index contributed by atoms with van der Waals surface area (Å²) in [4.78, 5) is 2.41. The maximum Gasteiger partial charge on any atom is 0.123 e. The second-order valence-corrected chi connectivity index (χ2v) is 9.03. The number of halogens is 2. The fourth-order valence-corrected chi connectivity index (χ4v) is 4.77. The summed E-state index contributed by atoms with van der Waals surface area (Å²) < 4.78 is 26.9. The molecule has 1 fully saturated rings. The van der Waals surface area contributed by atoms with E-state index in [-0.39, 0.29) is 17.6 Å². The molecule has 0 bridgehead atoms. The number of piperidine rings is 1. The lowest BCUT2D eigenvalue weighted by molar-refractivity contribution is -0.0310. The Hall–Kier alpha value is -2.56. The van der Waals surface area contributed by atoms with Gasteiger partial charge in [0.25, 0.3) is 0 Å². The first-order chi connectivity index (χ1) is 15.5. The Bertz CT molecular complexity index is 919. The van der Waals surface area contributed by atoms with Gasteiger partial charge in [0.05, 0.1) is 5.60 Å². The van der Waals surface area contributed by atoms with Crippen LogP contribution in [0.3, 0.4) is 0 Å². The largest absolute Gasteiger partial charge is 0.390 e. The Balaban J connectivity index is 1.34. The number of hydrogen-bond donors (Lipinski definition) is 1. The molecule has 1 aliphatic heterocycles. The third-order valence-electron chi connectivity index (χ3n) is 6.72. The molecule has 0 amide bonds. The molecule has 2 nitrogen and oxygen atoms in total. The van der Waals surface area contributed by atoms with Gasteiger partial charge in [-0.1, -0.05) is 54.6 Å². The van der Waals surface area contributed by atoms with Crippen molar-refractivity contribution in [3.63, 3.8) is 0 Å². The van der Waals surface area contributed by atoms with Crippen LogP contribution in [0, 0.1) is 11.6 Å². The van der Waals surface area contributed by atoms with E-state index in [0.29, 0.717) is 0 Å². The molecular weight excluding hydrogens is 404 g/mol. The minimum absolute atomic E-state index is 0.0537. The van der Waals surface area contributed by atoms with Gasteiger partial charge in [0.1, 0.15) is 11.6 Å². The summed E-state index contributed by atoms with van der Waals surface area (Å²) in [5.74, 6) is -0.468. The van der Waals surface area contributed by atoms with Crippen molar-refractivity contribution in [3.8, 4) is 0 Å². The molecule has 4 heteroatoms. The van der Waals surface area contributed by atoms with Crippen LogP contribution in [0.5, 0.6) is 0 Å². The molecule has 168 valence electrons. The molecule has 0 spiro atoms. The van der Waals surface area contributed by atoms with Gasteiger partial charge in [0.15, 0.2) is 0 Å². The van der Waals surface area contributed by atoms with E-state index in [4.69, 9.17) is 0 Å². The highest BCUT2D eigenvalue weighted by molar-refractivity contribution is 5.32. The van der Waals surface area contributed by atoms with Gasteiger partial charge >= 0.3 is 0 Å². The highest BCUT2D eigenvalue weighted by atomic mass is 19.1. The predicted octanol–water partition coefficient (Wildman–Crippen LogP) is 6.29. The van der Waals surface area contributed by atoms with Crippen LogP contribution < -0.4 is 0 Å². The molecule has 1 heterocycles. The van der Waals surface area contributed by atoms with Gasteiger partial charge in [-0.05, 0) is 73.1 Å². The highest BCUT2D eigenvalue weighted by Gasteiger charge is 2.32. The second kappa shape index (κ2) is 10.4. The van der Waals surface area contributed by atoms with E-state index >= 15 is 0 Å². The zero-order chi connectivity index (χ0) is 22.4. The van der Waals surface area contributed by atoms with E-state index in [0.717, 1.165) is 62.9 Å². The molecule has 0 unspecified atom stereocenters. The fraction of sp³-hybridized carbons (Fsp3) is 0.357.